The summed E-state index contributed by atoms with van der Waals surface area (Å²) in [7, 11) is -1.95. The minimum atomic E-state index is -1.95. The van der Waals surface area contributed by atoms with E-state index in [1.165, 1.54) is 0 Å². The van der Waals surface area contributed by atoms with Gasteiger partial charge in [0.05, 0.1) is 6.04 Å². The number of benzene rings is 1. The average Bonchev–Trinajstić information content (AvgIpc) is 3.43. The molecule has 3 heterocycles. The molecule has 0 radical (unpaired) electrons. The number of ketones is 1. The van der Waals surface area contributed by atoms with E-state index in [4.69, 9.17) is 13.9 Å². The molecule has 8 heteroatoms. The summed E-state index contributed by atoms with van der Waals surface area (Å²) in [5, 5.41) is 4.61. The van der Waals surface area contributed by atoms with Gasteiger partial charge in [0.15, 0.2) is 14.1 Å². The normalized spacial score (nSPS) is 21.6. The Balaban J connectivity index is 1.20. The molecule has 1 unspecified atom stereocenters. The first kappa shape index (κ1) is 31.4. The van der Waals surface area contributed by atoms with Crippen LogP contribution >= 0.6 is 0 Å². The highest BCUT2D eigenvalue weighted by Crippen LogP contribution is 2.51. The molecule has 0 spiro atoms. The van der Waals surface area contributed by atoms with Gasteiger partial charge in [0.25, 0.3) is 0 Å². The molecule has 2 aliphatic rings. The van der Waals surface area contributed by atoms with Crippen molar-refractivity contribution >= 4 is 14.1 Å². The van der Waals surface area contributed by atoms with Crippen LogP contribution in [0.25, 0.3) is 11.3 Å². The lowest BCUT2D eigenvalue weighted by Gasteiger charge is -2.38. The molecule has 43 heavy (non-hydrogen) atoms. The van der Waals surface area contributed by atoms with Crippen molar-refractivity contribution in [3.05, 3.63) is 59.8 Å². The summed E-state index contributed by atoms with van der Waals surface area (Å²) in [4.78, 5) is 18.4. The molecule has 1 saturated heterocycles. The SMILES string of the molecule is CC[C@H](c1cc(-c2ccc(C#CC3[C@H]4CN(CCCC(C)=O)C[C@@H]34)cc2)on1)n1ccnc1[C@H](C)O[Si](C)(C)C(C)(C)C. The number of carbonyl (C=O) groups excluding carboxylic acids is 1. The Labute approximate surface area is 258 Å². The van der Waals surface area contributed by atoms with Crippen LogP contribution < -0.4 is 0 Å². The highest BCUT2D eigenvalue weighted by molar-refractivity contribution is 6.74. The largest absolute Gasteiger partial charge is 0.407 e. The Morgan fingerprint density at radius 3 is 2.51 bits per heavy atom. The van der Waals surface area contributed by atoms with Gasteiger partial charge in [-0.2, -0.15) is 0 Å². The van der Waals surface area contributed by atoms with E-state index in [1.54, 1.807) is 6.92 Å². The van der Waals surface area contributed by atoms with E-state index in [1.807, 2.05) is 18.5 Å². The van der Waals surface area contributed by atoms with Crippen molar-refractivity contribution in [2.24, 2.45) is 17.8 Å². The van der Waals surface area contributed by atoms with E-state index >= 15 is 0 Å². The molecule has 3 aromatic rings. The molecule has 2 fully saturated rings. The fraction of sp³-hybridized carbons (Fsp3) is 0.571. The first-order valence-corrected chi connectivity index (χ1v) is 18.8. The number of hydrogen-bond donors (Lipinski definition) is 0. The third-order valence-corrected chi connectivity index (χ3v) is 14.3. The minimum absolute atomic E-state index is 0.00802. The number of hydrogen-bond acceptors (Lipinski definition) is 6. The topological polar surface area (TPSA) is 73.4 Å². The maximum atomic E-state index is 11.2. The fourth-order valence-corrected chi connectivity index (χ4v) is 7.49. The zero-order chi connectivity index (χ0) is 30.9. The molecular weight excluding hydrogens is 552 g/mol. The summed E-state index contributed by atoms with van der Waals surface area (Å²) in [5.74, 6) is 10.8. The molecule has 2 aromatic heterocycles. The number of aromatic nitrogens is 3. The first-order chi connectivity index (χ1) is 20.4. The van der Waals surface area contributed by atoms with Gasteiger partial charge in [-0.15, -0.1) is 0 Å². The van der Waals surface area contributed by atoms with Crippen molar-refractivity contribution in [1.82, 2.24) is 19.6 Å². The highest BCUT2D eigenvalue weighted by atomic mass is 28.4. The fourth-order valence-electron chi connectivity index (χ4n) is 6.15. The van der Waals surface area contributed by atoms with Crippen molar-refractivity contribution in [3.8, 4) is 23.2 Å². The number of piperidine rings is 1. The molecule has 0 N–H and O–H groups in total. The van der Waals surface area contributed by atoms with Gasteiger partial charge in [0.2, 0.25) is 0 Å². The van der Waals surface area contributed by atoms with Crippen LogP contribution in [0.3, 0.4) is 0 Å². The Hall–Kier alpha value is -2.99. The quantitative estimate of drug-likeness (QED) is 0.167. The van der Waals surface area contributed by atoms with Crippen molar-refractivity contribution in [3.63, 3.8) is 0 Å². The average molecular weight is 601 g/mol. The molecule has 5 rings (SSSR count). The molecular formula is C35H48N4O3Si. The van der Waals surface area contributed by atoms with Gasteiger partial charge >= 0.3 is 0 Å². The van der Waals surface area contributed by atoms with Gasteiger partial charge in [0.1, 0.15) is 23.4 Å². The number of carbonyl (C=O) groups is 1. The van der Waals surface area contributed by atoms with Crippen LogP contribution in [0.4, 0.5) is 0 Å². The molecule has 0 bridgehead atoms. The predicted octanol–water partition coefficient (Wildman–Crippen LogP) is 7.52. The van der Waals surface area contributed by atoms with Gasteiger partial charge in [0, 0.05) is 55.0 Å². The second-order valence-electron chi connectivity index (χ2n) is 14.0. The van der Waals surface area contributed by atoms with Crippen molar-refractivity contribution in [2.75, 3.05) is 19.6 Å². The van der Waals surface area contributed by atoms with Crippen molar-refractivity contribution in [1.29, 1.82) is 0 Å². The van der Waals surface area contributed by atoms with Crippen LogP contribution in [-0.2, 0) is 9.22 Å². The molecule has 230 valence electrons. The second-order valence-corrected chi connectivity index (χ2v) is 18.8. The summed E-state index contributed by atoms with van der Waals surface area (Å²) in [5.41, 5.74) is 2.90. The van der Waals surface area contributed by atoms with Crippen LogP contribution in [0.2, 0.25) is 18.1 Å². The molecule has 1 aliphatic heterocycles. The summed E-state index contributed by atoms with van der Waals surface area (Å²) >= 11 is 0. The van der Waals surface area contributed by atoms with E-state index in [0.29, 0.717) is 24.2 Å². The molecule has 5 atom stereocenters. The number of nitrogens with zero attached hydrogens (tertiary/aromatic N) is 4. The van der Waals surface area contributed by atoms with Gasteiger partial charge in [-0.05, 0) is 87.5 Å². The van der Waals surface area contributed by atoms with Crippen LogP contribution in [0.15, 0.2) is 47.2 Å². The van der Waals surface area contributed by atoms with Crippen LogP contribution in [-0.4, -0.2) is 53.3 Å². The maximum Gasteiger partial charge on any atom is 0.193 e. The number of Topliss-reactive ketones (excluding diaryl/α,β-unsaturated/α-hetero) is 1. The number of imidazole rings is 1. The van der Waals surface area contributed by atoms with E-state index in [-0.39, 0.29) is 23.0 Å². The molecule has 1 aromatic carbocycles. The maximum absolute atomic E-state index is 11.2. The Morgan fingerprint density at radius 1 is 1.19 bits per heavy atom. The number of likely N-dealkylation sites (tertiary alicyclic amines) is 1. The van der Waals surface area contributed by atoms with Crippen LogP contribution in [0, 0.1) is 29.6 Å². The highest BCUT2D eigenvalue weighted by Gasteiger charge is 2.54. The van der Waals surface area contributed by atoms with E-state index in [0.717, 1.165) is 60.9 Å². The minimum Gasteiger partial charge on any atom is -0.407 e. The number of fused-ring (bicyclic) bond motifs is 1. The standard InChI is InChI=1S/C35H48N4O3Si/c1-9-32(39-20-18-36-34(39)25(3)42-43(7,8)35(4,5)6)31-21-33(41-37-31)27-15-12-26(13-16-27)14-17-28-29-22-38(23-30(28)29)19-10-11-24(2)40/h12-13,15-16,18,20-21,25,28-30,32H,9-11,19,22-23H2,1-8H3/t25-,28?,29-,30+,32+/m0/s1. The lowest BCUT2D eigenvalue weighted by atomic mass is 10.1. The van der Waals surface area contributed by atoms with Gasteiger partial charge < -0.3 is 23.2 Å². The molecule has 0 amide bonds. The summed E-state index contributed by atoms with van der Waals surface area (Å²) in [6.07, 6.45) is 6.28. The van der Waals surface area contributed by atoms with Crippen LogP contribution in [0.1, 0.15) is 90.0 Å². The molecule has 1 aliphatic carbocycles. The lowest BCUT2D eigenvalue weighted by Crippen LogP contribution is -2.41. The third kappa shape index (κ3) is 7.06. The van der Waals surface area contributed by atoms with Crippen molar-refractivity contribution < 1.29 is 13.7 Å². The zero-order valence-electron chi connectivity index (χ0n) is 27.2. The second kappa shape index (κ2) is 12.5. The lowest BCUT2D eigenvalue weighted by molar-refractivity contribution is -0.117. The van der Waals surface area contributed by atoms with Gasteiger partial charge in [-0.3, -0.25) is 0 Å². The monoisotopic (exact) mass is 600 g/mol. The summed E-state index contributed by atoms with van der Waals surface area (Å²) in [6, 6.07) is 10.3. The van der Waals surface area contributed by atoms with Gasteiger partial charge in [-0.1, -0.05) is 44.7 Å². The first-order valence-electron chi connectivity index (χ1n) is 15.9. The molecule has 7 nitrogen and oxygen atoms in total. The molecule has 1 saturated carbocycles. The van der Waals surface area contributed by atoms with E-state index in [9.17, 15) is 4.79 Å². The summed E-state index contributed by atoms with van der Waals surface area (Å²) < 4.78 is 14.7. The van der Waals surface area contributed by atoms with Gasteiger partial charge in [-0.25, -0.2) is 4.98 Å². The Morgan fingerprint density at radius 2 is 1.88 bits per heavy atom. The van der Waals surface area contributed by atoms with Crippen LogP contribution in [0.5, 0.6) is 0 Å². The Kier molecular flexibility index (Phi) is 9.17. The van der Waals surface area contributed by atoms with E-state index < -0.39 is 8.32 Å². The van der Waals surface area contributed by atoms with Crippen molar-refractivity contribution in [2.45, 2.75) is 91.1 Å². The zero-order valence-corrected chi connectivity index (χ0v) is 28.2. The Bertz CT molecular complexity index is 1460. The third-order valence-electron chi connectivity index (χ3n) is 9.76. The predicted molar refractivity (Wildman–Crippen MR) is 173 cm³/mol. The summed E-state index contributed by atoms with van der Waals surface area (Å²) in [6.45, 7) is 20.6. The van der Waals surface area contributed by atoms with E-state index in [2.05, 4.69) is 98.4 Å². The smallest absolute Gasteiger partial charge is 0.193 e. The number of rotatable bonds is 11.